The summed E-state index contributed by atoms with van der Waals surface area (Å²) in [4.78, 5) is 16.6. The molecule has 28 heavy (non-hydrogen) atoms. The third kappa shape index (κ3) is 2.59. The number of carbonyl (C=O) groups is 1. The van der Waals surface area contributed by atoms with Gasteiger partial charge in [0, 0.05) is 18.4 Å². The molecule has 7 aliphatic rings. The maximum Gasteiger partial charge on any atom is 0.139 e. The highest BCUT2D eigenvalue weighted by Crippen LogP contribution is 2.70. The van der Waals surface area contributed by atoms with Gasteiger partial charge in [-0.3, -0.25) is 4.79 Å². The minimum Gasteiger partial charge on any atom is -0.303 e. The molecule has 0 N–H and O–H groups in total. The van der Waals surface area contributed by atoms with Gasteiger partial charge >= 0.3 is 0 Å². The van der Waals surface area contributed by atoms with Crippen LogP contribution >= 0.6 is 0 Å². The van der Waals surface area contributed by atoms with Crippen molar-refractivity contribution in [2.75, 3.05) is 19.6 Å². The standard InChI is InChI=1S/C26H35NO/c1-24-12-19-13-25(16-24,22-5-3-2-4-6-22)18-26(14-19,17-24)23(28)11-21-15-27-9-7-20(21)8-10-27/h2-6,19-21H,7-18H2,1H3/t19?,21-,24?,25?,26?/m0/s1. The van der Waals surface area contributed by atoms with Gasteiger partial charge in [-0.15, -0.1) is 0 Å². The van der Waals surface area contributed by atoms with E-state index in [9.17, 15) is 4.79 Å². The van der Waals surface area contributed by atoms with Crippen LogP contribution in [-0.2, 0) is 10.2 Å². The number of piperidine rings is 3. The normalized spacial score (nSPS) is 48.8. The summed E-state index contributed by atoms with van der Waals surface area (Å²) in [5, 5.41) is 0. The Balaban J connectivity index is 1.31. The molecular formula is C26H35NO. The molecule has 3 saturated heterocycles. The zero-order chi connectivity index (χ0) is 19.0. The maximum absolute atomic E-state index is 13.9. The summed E-state index contributed by atoms with van der Waals surface area (Å²) in [7, 11) is 0. The fourth-order valence-corrected chi connectivity index (χ4v) is 9.12. The van der Waals surface area contributed by atoms with Crippen molar-refractivity contribution >= 4 is 5.78 Å². The van der Waals surface area contributed by atoms with Crippen molar-refractivity contribution in [3.8, 4) is 0 Å². The Kier molecular flexibility index (Phi) is 3.75. The Morgan fingerprint density at radius 1 is 1.04 bits per heavy atom. The predicted molar refractivity (Wildman–Crippen MR) is 112 cm³/mol. The summed E-state index contributed by atoms with van der Waals surface area (Å²) in [5.41, 5.74) is 2.14. The van der Waals surface area contributed by atoms with Crippen LogP contribution in [-0.4, -0.2) is 30.3 Å². The molecule has 0 spiro atoms. The van der Waals surface area contributed by atoms with Gasteiger partial charge in [0.15, 0.2) is 0 Å². The molecule has 0 radical (unpaired) electrons. The quantitative estimate of drug-likeness (QED) is 0.717. The first-order valence-electron chi connectivity index (χ1n) is 11.8. The van der Waals surface area contributed by atoms with E-state index in [4.69, 9.17) is 0 Å². The van der Waals surface area contributed by atoms with E-state index in [-0.39, 0.29) is 10.8 Å². The zero-order valence-electron chi connectivity index (χ0n) is 17.5. The van der Waals surface area contributed by atoms with Gasteiger partial charge in [-0.1, -0.05) is 37.3 Å². The van der Waals surface area contributed by atoms with Gasteiger partial charge in [-0.25, -0.2) is 0 Å². The minimum atomic E-state index is -0.0178. The largest absolute Gasteiger partial charge is 0.303 e. The number of benzene rings is 1. The summed E-state index contributed by atoms with van der Waals surface area (Å²) >= 11 is 0. The summed E-state index contributed by atoms with van der Waals surface area (Å²) < 4.78 is 0. The first-order chi connectivity index (χ1) is 13.5. The average Bonchev–Trinajstić information content (AvgIpc) is 2.68. The maximum atomic E-state index is 13.9. The molecule has 4 aliphatic carbocycles. The molecule has 1 aromatic rings. The highest BCUT2D eigenvalue weighted by molar-refractivity contribution is 5.86. The highest BCUT2D eigenvalue weighted by Gasteiger charge is 2.64. The number of hydrogen-bond donors (Lipinski definition) is 0. The number of rotatable bonds is 4. The third-order valence-electron chi connectivity index (χ3n) is 9.56. The van der Waals surface area contributed by atoms with Crippen LogP contribution in [0.1, 0.15) is 70.3 Å². The van der Waals surface area contributed by atoms with Crippen LogP contribution in [0, 0.1) is 28.6 Å². The SMILES string of the molecule is CC12CC3CC(C(=O)C[C@H]4CN5CCC4CC5)(C1)CC(c1ccccc1)(C3)C2. The second-order valence-electron chi connectivity index (χ2n) is 11.8. The van der Waals surface area contributed by atoms with E-state index in [2.05, 4.69) is 42.2 Å². The number of carbonyl (C=O) groups excluding carboxylic acids is 1. The molecule has 150 valence electrons. The van der Waals surface area contributed by atoms with Crippen molar-refractivity contribution in [3.63, 3.8) is 0 Å². The van der Waals surface area contributed by atoms with Gasteiger partial charge in [0.1, 0.15) is 5.78 Å². The Labute approximate surface area is 170 Å². The van der Waals surface area contributed by atoms with E-state index in [0.29, 0.717) is 17.1 Å². The summed E-state index contributed by atoms with van der Waals surface area (Å²) in [5.74, 6) is 2.88. The van der Waals surface area contributed by atoms with Gasteiger partial charge in [0.25, 0.3) is 0 Å². The van der Waals surface area contributed by atoms with Crippen molar-refractivity contribution in [1.82, 2.24) is 4.90 Å². The van der Waals surface area contributed by atoms with Crippen LogP contribution in [0.5, 0.6) is 0 Å². The number of Topliss-reactive ketones (excluding diaryl/α,β-unsaturated/α-hetero) is 1. The van der Waals surface area contributed by atoms with Crippen LogP contribution in [0.2, 0.25) is 0 Å². The summed E-state index contributed by atoms with van der Waals surface area (Å²) in [6.07, 6.45) is 11.0. The Hall–Kier alpha value is -1.15. The lowest BCUT2D eigenvalue weighted by Gasteiger charge is -2.66. The van der Waals surface area contributed by atoms with Gasteiger partial charge in [-0.05, 0) is 98.6 Å². The van der Waals surface area contributed by atoms with E-state index < -0.39 is 0 Å². The fourth-order valence-electron chi connectivity index (χ4n) is 9.12. The molecule has 3 aliphatic heterocycles. The summed E-state index contributed by atoms with van der Waals surface area (Å²) in [6, 6.07) is 11.3. The Morgan fingerprint density at radius 3 is 2.50 bits per heavy atom. The van der Waals surface area contributed by atoms with Crippen LogP contribution in [0.25, 0.3) is 0 Å². The number of fused-ring (bicyclic) bond motifs is 3. The molecular weight excluding hydrogens is 342 g/mol. The first-order valence-corrected chi connectivity index (χ1v) is 11.8. The molecule has 2 heteroatoms. The average molecular weight is 378 g/mol. The lowest BCUT2D eigenvalue weighted by Crippen LogP contribution is -2.60. The van der Waals surface area contributed by atoms with Gasteiger partial charge in [0.2, 0.25) is 0 Å². The molecule has 6 bridgehead atoms. The number of nitrogens with zero attached hydrogens (tertiary/aromatic N) is 1. The van der Waals surface area contributed by atoms with Crippen molar-refractivity contribution in [2.45, 2.75) is 70.1 Å². The molecule has 4 unspecified atom stereocenters. The number of hydrogen-bond acceptors (Lipinski definition) is 2. The minimum absolute atomic E-state index is 0.0178. The smallest absolute Gasteiger partial charge is 0.139 e. The van der Waals surface area contributed by atoms with Crippen molar-refractivity contribution in [2.24, 2.45) is 28.6 Å². The molecule has 0 amide bonds. The summed E-state index contributed by atoms with van der Waals surface area (Å²) in [6.45, 7) is 6.25. The van der Waals surface area contributed by atoms with Crippen LogP contribution < -0.4 is 0 Å². The van der Waals surface area contributed by atoms with Crippen molar-refractivity contribution < 1.29 is 4.79 Å². The van der Waals surface area contributed by atoms with E-state index in [1.54, 1.807) is 0 Å². The van der Waals surface area contributed by atoms with Gasteiger partial charge in [-0.2, -0.15) is 0 Å². The fraction of sp³-hybridized carbons (Fsp3) is 0.731. The Morgan fingerprint density at radius 2 is 1.82 bits per heavy atom. The molecule has 4 saturated carbocycles. The molecule has 5 atom stereocenters. The van der Waals surface area contributed by atoms with E-state index in [1.807, 2.05) is 0 Å². The third-order valence-corrected chi connectivity index (χ3v) is 9.56. The molecule has 3 heterocycles. The van der Waals surface area contributed by atoms with E-state index in [1.165, 1.54) is 70.1 Å². The first kappa shape index (κ1) is 17.7. The van der Waals surface area contributed by atoms with E-state index >= 15 is 0 Å². The topological polar surface area (TPSA) is 20.3 Å². The lowest BCUT2D eigenvalue weighted by atomic mass is 9.38. The van der Waals surface area contributed by atoms with Crippen LogP contribution in [0.15, 0.2) is 30.3 Å². The highest BCUT2D eigenvalue weighted by atomic mass is 16.1. The second-order valence-corrected chi connectivity index (χ2v) is 11.8. The lowest BCUT2D eigenvalue weighted by molar-refractivity contribution is -0.160. The van der Waals surface area contributed by atoms with Crippen LogP contribution in [0.3, 0.4) is 0 Å². The monoisotopic (exact) mass is 377 g/mol. The predicted octanol–water partition coefficient (Wildman–Crippen LogP) is 5.22. The van der Waals surface area contributed by atoms with Crippen molar-refractivity contribution in [3.05, 3.63) is 35.9 Å². The molecule has 2 nitrogen and oxygen atoms in total. The Bertz CT molecular complexity index is 781. The zero-order valence-corrected chi connectivity index (χ0v) is 17.5. The van der Waals surface area contributed by atoms with Gasteiger partial charge in [0.05, 0.1) is 0 Å². The second kappa shape index (κ2) is 5.94. The molecule has 8 rings (SSSR count). The van der Waals surface area contributed by atoms with Crippen LogP contribution in [0.4, 0.5) is 0 Å². The molecule has 1 aromatic carbocycles. The van der Waals surface area contributed by atoms with Crippen molar-refractivity contribution in [1.29, 1.82) is 0 Å². The van der Waals surface area contributed by atoms with E-state index in [0.717, 1.165) is 24.7 Å². The molecule has 7 fully saturated rings. The number of ketones is 1. The molecule has 0 aromatic heterocycles. The van der Waals surface area contributed by atoms with Gasteiger partial charge < -0.3 is 4.90 Å².